The first-order chi connectivity index (χ1) is 7.47. The van der Waals surface area contributed by atoms with Crippen LogP contribution >= 0.6 is 0 Å². The Kier molecular flexibility index (Phi) is 4.43. The summed E-state index contributed by atoms with van der Waals surface area (Å²) in [6, 6.07) is 5.64. The second-order valence-electron chi connectivity index (χ2n) is 4.70. The molecule has 0 atom stereocenters. The maximum Gasteiger partial charge on any atom is 0.234 e. The van der Waals surface area contributed by atoms with Crippen LogP contribution in [0.5, 0.6) is 0 Å². The maximum absolute atomic E-state index is 11.5. The maximum atomic E-state index is 11.5. The number of hydrogen-bond acceptors (Lipinski definition) is 3. The Morgan fingerprint density at radius 1 is 1.38 bits per heavy atom. The van der Waals surface area contributed by atoms with E-state index < -0.39 is 0 Å². The molecule has 0 aromatic carbocycles. The van der Waals surface area contributed by atoms with Crippen molar-refractivity contribution in [3.05, 3.63) is 30.1 Å². The van der Waals surface area contributed by atoms with Gasteiger partial charge in [-0.2, -0.15) is 0 Å². The highest BCUT2D eigenvalue weighted by molar-refractivity contribution is 5.78. The highest BCUT2D eigenvalue weighted by Gasteiger charge is 2.10. The zero-order chi connectivity index (χ0) is 12.0. The van der Waals surface area contributed by atoms with Crippen LogP contribution in [0.3, 0.4) is 0 Å². The van der Waals surface area contributed by atoms with Gasteiger partial charge in [0.05, 0.1) is 18.8 Å². The Bertz CT molecular complexity index is 330. The van der Waals surface area contributed by atoms with Crippen molar-refractivity contribution in [3.63, 3.8) is 0 Å². The number of carbonyl (C=O) groups excluding carboxylic acids is 1. The smallest absolute Gasteiger partial charge is 0.234 e. The first kappa shape index (κ1) is 12.6. The Hall–Kier alpha value is -1.42. The molecule has 0 aliphatic heterocycles. The number of pyridine rings is 1. The van der Waals surface area contributed by atoms with Gasteiger partial charge in [-0.1, -0.05) is 6.07 Å². The number of hydrogen-bond donors (Lipinski definition) is 2. The molecule has 0 aliphatic rings. The predicted molar refractivity (Wildman–Crippen MR) is 63.8 cm³/mol. The molecule has 1 aromatic rings. The number of nitrogens with zero attached hydrogens (tertiary/aromatic N) is 1. The van der Waals surface area contributed by atoms with Crippen LogP contribution in [0.2, 0.25) is 0 Å². The fraction of sp³-hybridized carbons (Fsp3) is 0.500. The fourth-order valence-corrected chi connectivity index (χ4v) is 1.10. The summed E-state index contributed by atoms with van der Waals surface area (Å²) in [7, 11) is 0. The van der Waals surface area contributed by atoms with Crippen LogP contribution in [0.4, 0.5) is 0 Å². The number of rotatable bonds is 4. The molecule has 4 heteroatoms. The lowest BCUT2D eigenvalue weighted by molar-refractivity contribution is -0.120. The molecular formula is C12H19N3O. The largest absolute Gasteiger partial charge is 0.349 e. The zero-order valence-electron chi connectivity index (χ0n) is 10.1. The van der Waals surface area contributed by atoms with E-state index in [1.165, 1.54) is 0 Å². The van der Waals surface area contributed by atoms with Crippen LogP contribution in [-0.4, -0.2) is 23.0 Å². The summed E-state index contributed by atoms with van der Waals surface area (Å²) >= 11 is 0. The molecule has 0 bridgehead atoms. The van der Waals surface area contributed by atoms with Crippen LogP contribution in [0.15, 0.2) is 24.4 Å². The highest BCUT2D eigenvalue weighted by Crippen LogP contribution is 1.97. The number of carbonyl (C=O) groups is 1. The lowest BCUT2D eigenvalue weighted by atomic mass is 10.1. The highest BCUT2D eigenvalue weighted by atomic mass is 16.1. The van der Waals surface area contributed by atoms with Crippen molar-refractivity contribution in [3.8, 4) is 0 Å². The molecule has 1 rings (SSSR count). The van der Waals surface area contributed by atoms with Crippen LogP contribution in [-0.2, 0) is 11.3 Å². The monoisotopic (exact) mass is 221 g/mol. The molecule has 0 radical (unpaired) electrons. The van der Waals surface area contributed by atoms with Gasteiger partial charge in [-0.25, -0.2) is 0 Å². The SMILES string of the molecule is CC(C)(C)NCC(=O)NCc1ccccn1. The van der Waals surface area contributed by atoms with Gasteiger partial charge in [-0.15, -0.1) is 0 Å². The second kappa shape index (κ2) is 5.61. The average molecular weight is 221 g/mol. The quantitative estimate of drug-likeness (QED) is 0.800. The average Bonchev–Trinajstić information content (AvgIpc) is 2.24. The van der Waals surface area contributed by atoms with Gasteiger partial charge in [0.1, 0.15) is 0 Å². The summed E-state index contributed by atoms with van der Waals surface area (Å²) in [5.74, 6) is -0.0134. The van der Waals surface area contributed by atoms with Crippen molar-refractivity contribution in [1.82, 2.24) is 15.6 Å². The molecule has 0 spiro atoms. The molecule has 1 amide bonds. The lowest BCUT2D eigenvalue weighted by Gasteiger charge is -2.19. The standard InChI is InChI=1S/C12H19N3O/c1-12(2,3)15-9-11(16)14-8-10-6-4-5-7-13-10/h4-7,15H,8-9H2,1-3H3,(H,14,16). The van der Waals surface area contributed by atoms with E-state index in [4.69, 9.17) is 0 Å². The molecule has 2 N–H and O–H groups in total. The first-order valence-corrected chi connectivity index (χ1v) is 5.39. The molecular weight excluding hydrogens is 202 g/mol. The summed E-state index contributed by atoms with van der Waals surface area (Å²) in [5, 5.41) is 5.93. The van der Waals surface area contributed by atoms with E-state index in [1.54, 1.807) is 6.20 Å². The van der Waals surface area contributed by atoms with Crippen LogP contribution < -0.4 is 10.6 Å². The van der Waals surface area contributed by atoms with Gasteiger partial charge in [0.25, 0.3) is 0 Å². The van der Waals surface area contributed by atoms with E-state index in [2.05, 4.69) is 15.6 Å². The third-order valence-electron chi connectivity index (χ3n) is 1.97. The molecule has 88 valence electrons. The summed E-state index contributed by atoms with van der Waals surface area (Å²) < 4.78 is 0. The van der Waals surface area contributed by atoms with Crippen molar-refractivity contribution in [2.75, 3.05) is 6.54 Å². The minimum atomic E-state index is -0.0393. The lowest BCUT2D eigenvalue weighted by Crippen LogP contribution is -2.43. The number of nitrogens with one attached hydrogen (secondary N) is 2. The summed E-state index contributed by atoms with van der Waals surface area (Å²) in [4.78, 5) is 15.6. The normalized spacial score (nSPS) is 11.2. The summed E-state index contributed by atoms with van der Waals surface area (Å²) in [6.07, 6.45) is 1.72. The van der Waals surface area contributed by atoms with E-state index in [1.807, 2.05) is 39.0 Å². The van der Waals surface area contributed by atoms with E-state index in [-0.39, 0.29) is 11.4 Å². The zero-order valence-corrected chi connectivity index (χ0v) is 10.1. The van der Waals surface area contributed by atoms with Gasteiger partial charge in [-0.05, 0) is 32.9 Å². The Morgan fingerprint density at radius 2 is 2.12 bits per heavy atom. The van der Waals surface area contributed by atoms with E-state index in [9.17, 15) is 4.79 Å². The van der Waals surface area contributed by atoms with Crippen molar-refractivity contribution in [2.24, 2.45) is 0 Å². The molecule has 0 unspecified atom stereocenters. The summed E-state index contributed by atoms with van der Waals surface area (Å²) in [6.45, 7) is 6.89. The minimum absolute atomic E-state index is 0.0134. The second-order valence-corrected chi connectivity index (χ2v) is 4.70. The van der Waals surface area contributed by atoms with Gasteiger partial charge < -0.3 is 10.6 Å². The van der Waals surface area contributed by atoms with E-state index in [0.717, 1.165) is 5.69 Å². The van der Waals surface area contributed by atoms with Crippen LogP contribution in [0.25, 0.3) is 0 Å². The third-order valence-corrected chi connectivity index (χ3v) is 1.97. The van der Waals surface area contributed by atoms with Gasteiger partial charge in [-0.3, -0.25) is 9.78 Å². The molecule has 1 heterocycles. The van der Waals surface area contributed by atoms with Crippen molar-refractivity contribution in [2.45, 2.75) is 32.9 Å². The van der Waals surface area contributed by atoms with Crippen LogP contribution in [0.1, 0.15) is 26.5 Å². The fourth-order valence-electron chi connectivity index (χ4n) is 1.10. The Labute approximate surface area is 96.5 Å². The molecule has 16 heavy (non-hydrogen) atoms. The number of amides is 1. The molecule has 0 saturated heterocycles. The van der Waals surface area contributed by atoms with Gasteiger partial charge in [0, 0.05) is 11.7 Å². The molecule has 0 fully saturated rings. The van der Waals surface area contributed by atoms with Crippen molar-refractivity contribution >= 4 is 5.91 Å². The van der Waals surface area contributed by atoms with Gasteiger partial charge in [0.15, 0.2) is 0 Å². The molecule has 0 saturated carbocycles. The van der Waals surface area contributed by atoms with Crippen molar-refractivity contribution in [1.29, 1.82) is 0 Å². The number of aromatic nitrogens is 1. The summed E-state index contributed by atoms with van der Waals surface area (Å²) in [5.41, 5.74) is 0.828. The first-order valence-electron chi connectivity index (χ1n) is 5.39. The van der Waals surface area contributed by atoms with Crippen LogP contribution in [0, 0.1) is 0 Å². The van der Waals surface area contributed by atoms with E-state index >= 15 is 0 Å². The topological polar surface area (TPSA) is 54.0 Å². The van der Waals surface area contributed by atoms with E-state index in [0.29, 0.717) is 13.1 Å². The molecule has 4 nitrogen and oxygen atoms in total. The minimum Gasteiger partial charge on any atom is -0.349 e. The van der Waals surface area contributed by atoms with Crippen molar-refractivity contribution < 1.29 is 4.79 Å². The Morgan fingerprint density at radius 3 is 2.69 bits per heavy atom. The Balaban J connectivity index is 2.26. The van der Waals surface area contributed by atoms with Gasteiger partial charge >= 0.3 is 0 Å². The molecule has 0 aliphatic carbocycles. The van der Waals surface area contributed by atoms with Gasteiger partial charge in [0.2, 0.25) is 5.91 Å². The predicted octanol–water partition coefficient (Wildman–Crippen LogP) is 1.09. The molecule has 1 aromatic heterocycles. The third kappa shape index (κ3) is 5.46.